The summed E-state index contributed by atoms with van der Waals surface area (Å²) >= 11 is 4.48. The highest BCUT2D eigenvalue weighted by Gasteiger charge is 2.28. The topological polar surface area (TPSA) is 122 Å². The molecule has 1 aromatic heterocycles. The lowest BCUT2D eigenvalue weighted by atomic mass is 10.1. The molecular formula is C26H27BrN2O7S2. The van der Waals surface area contributed by atoms with Gasteiger partial charge in [-0.25, -0.2) is 22.3 Å². The van der Waals surface area contributed by atoms with Crippen molar-refractivity contribution in [2.75, 3.05) is 32.1 Å². The van der Waals surface area contributed by atoms with Gasteiger partial charge in [0.1, 0.15) is 0 Å². The fourth-order valence-electron chi connectivity index (χ4n) is 4.18. The minimum absolute atomic E-state index is 0.00661. The molecule has 2 heterocycles. The van der Waals surface area contributed by atoms with Crippen LogP contribution in [0.3, 0.4) is 0 Å². The van der Waals surface area contributed by atoms with Crippen LogP contribution in [0.25, 0.3) is 10.4 Å². The number of benzene rings is 2. The minimum Gasteiger partial charge on any atom is -0.479 e. The summed E-state index contributed by atoms with van der Waals surface area (Å²) in [7, 11) is -2.16. The van der Waals surface area contributed by atoms with Gasteiger partial charge in [0.05, 0.1) is 22.2 Å². The maximum atomic E-state index is 12.9. The number of sulfonamides is 1. The van der Waals surface area contributed by atoms with Crippen LogP contribution in [0.2, 0.25) is 0 Å². The summed E-state index contributed by atoms with van der Waals surface area (Å²) in [6.45, 7) is 0.463. The molecule has 4 rings (SSSR count). The van der Waals surface area contributed by atoms with Crippen LogP contribution in [0.1, 0.15) is 28.1 Å². The molecule has 0 amide bonds. The molecule has 1 saturated heterocycles. The molecule has 202 valence electrons. The fourth-order valence-corrected chi connectivity index (χ4v) is 7.63. The predicted octanol–water partition coefficient (Wildman–Crippen LogP) is 4.83. The van der Waals surface area contributed by atoms with Gasteiger partial charge in [-0.2, -0.15) is 0 Å². The second-order valence-corrected chi connectivity index (χ2v) is 12.5. The molecule has 3 aromatic rings. The standard InChI is InChI=1S/C26H27BrN2O7S2/c1-35-21(30)15-36-23-22(27)24(37-25(23)26(31)32)18-8-5-9-20(14-18)28-19-10-12-29(13-11-19)38(33,34)16-17-6-3-2-4-7-17/h2-9,14,19,28H,10-13,15-16H2,1H3,(H,31,32). The molecular weight excluding hydrogens is 596 g/mol. The molecule has 1 aliphatic heterocycles. The molecule has 1 fully saturated rings. The number of nitrogens with one attached hydrogen (secondary N) is 1. The minimum atomic E-state index is -3.39. The Hall–Kier alpha value is -2.93. The molecule has 12 heteroatoms. The molecule has 9 nitrogen and oxygen atoms in total. The number of esters is 1. The Bertz CT molecular complexity index is 1400. The number of methoxy groups -OCH3 is 1. The number of nitrogens with zero attached hydrogens (tertiary/aromatic N) is 1. The fraction of sp³-hybridized carbons (Fsp3) is 0.308. The second-order valence-electron chi connectivity index (χ2n) is 8.71. The average Bonchev–Trinajstić information content (AvgIpc) is 3.24. The molecule has 38 heavy (non-hydrogen) atoms. The van der Waals surface area contributed by atoms with Gasteiger partial charge in [-0.05, 0) is 52.0 Å². The van der Waals surface area contributed by atoms with Crippen LogP contribution in [0.15, 0.2) is 59.1 Å². The molecule has 1 aliphatic rings. The first kappa shape index (κ1) is 28.1. The number of aromatic carboxylic acids is 1. The van der Waals surface area contributed by atoms with Crippen molar-refractivity contribution in [1.29, 1.82) is 0 Å². The van der Waals surface area contributed by atoms with E-state index in [4.69, 9.17) is 4.74 Å². The van der Waals surface area contributed by atoms with Crippen LogP contribution in [0, 0.1) is 0 Å². The number of halogens is 1. The Morgan fingerprint density at radius 2 is 1.84 bits per heavy atom. The van der Waals surface area contributed by atoms with Crippen LogP contribution in [0.4, 0.5) is 5.69 Å². The number of hydrogen-bond acceptors (Lipinski definition) is 8. The van der Waals surface area contributed by atoms with Crippen molar-refractivity contribution in [3.63, 3.8) is 0 Å². The number of thiophene rings is 1. The van der Waals surface area contributed by atoms with Gasteiger partial charge in [0, 0.05) is 24.8 Å². The highest BCUT2D eigenvalue weighted by Crippen LogP contribution is 2.46. The van der Waals surface area contributed by atoms with E-state index in [9.17, 15) is 23.1 Å². The number of carbonyl (C=O) groups excluding carboxylic acids is 1. The summed E-state index contributed by atoms with van der Waals surface area (Å²) in [5, 5.41) is 13.1. The van der Waals surface area contributed by atoms with E-state index in [1.807, 2.05) is 54.6 Å². The van der Waals surface area contributed by atoms with Crippen molar-refractivity contribution in [2.24, 2.45) is 0 Å². The first-order valence-electron chi connectivity index (χ1n) is 11.8. The Kier molecular flexibility index (Phi) is 9.08. The largest absolute Gasteiger partial charge is 0.479 e. The van der Waals surface area contributed by atoms with Crippen LogP contribution >= 0.6 is 27.3 Å². The van der Waals surface area contributed by atoms with E-state index in [0.717, 1.165) is 28.2 Å². The third kappa shape index (κ3) is 6.73. The Morgan fingerprint density at radius 1 is 1.13 bits per heavy atom. The predicted molar refractivity (Wildman–Crippen MR) is 149 cm³/mol. The monoisotopic (exact) mass is 622 g/mol. The zero-order chi connectivity index (χ0) is 27.3. The number of anilines is 1. The van der Waals surface area contributed by atoms with Crippen molar-refractivity contribution in [1.82, 2.24) is 4.31 Å². The molecule has 0 unspecified atom stereocenters. The molecule has 0 bridgehead atoms. The van der Waals surface area contributed by atoms with E-state index in [2.05, 4.69) is 26.0 Å². The van der Waals surface area contributed by atoms with Gasteiger partial charge in [-0.1, -0.05) is 42.5 Å². The second kappa shape index (κ2) is 12.3. The number of rotatable bonds is 10. The number of ether oxygens (including phenoxy) is 2. The van der Waals surface area contributed by atoms with Crippen LogP contribution in [-0.4, -0.2) is 62.6 Å². The Balaban J connectivity index is 1.43. The highest BCUT2D eigenvalue weighted by atomic mass is 79.9. The van der Waals surface area contributed by atoms with Crippen molar-refractivity contribution in [3.05, 3.63) is 69.5 Å². The lowest BCUT2D eigenvalue weighted by molar-refractivity contribution is -0.142. The molecule has 2 N–H and O–H groups in total. The molecule has 0 saturated carbocycles. The lowest BCUT2D eigenvalue weighted by Crippen LogP contribution is -2.42. The van der Waals surface area contributed by atoms with Gasteiger partial charge >= 0.3 is 11.9 Å². The van der Waals surface area contributed by atoms with E-state index >= 15 is 0 Å². The summed E-state index contributed by atoms with van der Waals surface area (Å²) < 4.78 is 37.7. The Morgan fingerprint density at radius 3 is 2.50 bits per heavy atom. The average molecular weight is 624 g/mol. The summed E-state index contributed by atoms with van der Waals surface area (Å²) in [6.07, 6.45) is 1.32. The van der Waals surface area contributed by atoms with Gasteiger partial charge in [-0.15, -0.1) is 11.3 Å². The molecule has 0 spiro atoms. The number of carbonyl (C=O) groups is 2. The van der Waals surface area contributed by atoms with Crippen molar-refractivity contribution in [2.45, 2.75) is 24.6 Å². The van der Waals surface area contributed by atoms with Gasteiger partial charge in [0.2, 0.25) is 10.0 Å². The number of piperidine rings is 1. The number of carboxylic acids is 1. The quantitative estimate of drug-likeness (QED) is 0.308. The summed E-state index contributed by atoms with van der Waals surface area (Å²) in [6, 6.07) is 16.8. The maximum absolute atomic E-state index is 12.9. The van der Waals surface area contributed by atoms with E-state index in [1.54, 1.807) is 4.31 Å². The normalized spacial score (nSPS) is 14.7. The zero-order valence-corrected chi connectivity index (χ0v) is 23.8. The molecule has 0 aliphatic carbocycles. The zero-order valence-electron chi connectivity index (χ0n) is 20.6. The van der Waals surface area contributed by atoms with E-state index in [0.29, 0.717) is 35.3 Å². The van der Waals surface area contributed by atoms with Crippen LogP contribution in [0.5, 0.6) is 5.75 Å². The SMILES string of the molecule is COC(=O)COc1c(C(=O)O)sc(-c2cccc(NC3CCN(S(=O)(=O)Cc4ccccc4)CC3)c2)c1Br. The first-order chi connectivity index (χ1) is 18.2. The van der Waals surface area contributed by atoms with Gasteiger partial charge in [-0.3, -0.25) is 0 Å². The summed E-state index contributed by atoms with van der Waals surface area (Å²) in [4.78, 5) is 23.9. The van der Waals surface area contributed by atoms with Gasteiger partial charge < -0.3 is 19.9 Å². The van der Waals surface area contributed by atoms with Crippen molar-refractivity contribution < 1.29 is 32.6 Å². The summed E-state index contributed by atoms with van der Waals surface area (Å²) in [5.41, 5.74) is 2.38. The van der Waals surface area contributed by atoms with Gasteiger partial charge in [0.15, 0.2) is 17.2 Å². The molecule has 0 radical (unpaired) electrons. The highest BCUT2D eigenvalue weighted by molar-refractivity contribution is 9.10. The molecule has 0 atom stereocenters. The van der Waals surface area contributed by atoms with Crippen molar-refractivity contribution in [3.8, 4) is 16.2 Å². The number of hydrogen-bond donors (Lipinski definition) is 2. The lowest BCUT2D eigenvalue weighted by Gasteiger charge is -2.32. The Labute approximate surface area is 233 Å². The smallest absolute Gasteiger partial charge is 0.349 e. The first-order valence-corrected chi connectivity index (χ1v) is 15.0. The van der Waals surface area contributed by atoms with Crippen LogP contribution < -0.4 is 10.1 Å². The maximum Gasteiger partial charge on any atom is 0.349 e. The van der Waals surface area contributed by atoms with E-state index < -0.39 is 28.6 Å². The van der Waals surface area contributed by atoms with Crippen molar-refractivity contribution >= 4 is 54.9 Å². The summed E-state index contributed by atoms with van der Waals surface area (Å²) in [5.74, 6) is -1.71. The van der Waals surface area contributed by atoms with Gasteiger partial charge in [0.25, 0.3) is 0 Å². The van der Waals surface area contributed by atoms with E-state index in [1.165, 1.54) is 7.11 Å². The van der Waals surface area contributed by atoms with E-state index in [-0.39, 0.29) is 22.4 Å². The van der Waals surface area contributed by atoms with Crippen LogP contribution in [-0.2, 0) is 25.3 Å². The third-order valence-corrected chi connectivity index (χ3v) is 10.2. The third-order valence-electron chi connectivity index (χ3n) is 6.10. The number of carboxylic acid groups (broad SMARTS) is 1. The molecule has 2 aromatic carbocycles.